The topological polar surface area (TPSA) is 110 Å². The lowest BCUT2D eigenvalue weighted by atomic mass is 9.95. The Bertz CT molecular complexity index is 910. The maximum atomic E-state index is 12.6. The molecule has 1 unspecified atom stereocenters. The van der Waals surface area contributed by atoms with Gasteiger partial charge in [0, 0.05) is 29.8 Å². The molecule has 1 N–H and O–H groups in total. The predicted octanol–water partition coefficient (Wildman–Crippen LogP) is 2.85. The van der Waals surface area contributed by atoms with Crippen LogP contribution in [-0.2, 0) is 24.3 Å². The molecule has 9 heteroatoms. The van der Waals surface area contributed by atoms with Gasteiger partial charge in [0.2, 0.25) is 21.7 Å². The predicted molar refractivity (Wildman–Crippen MR) is 118 cm³/mol. The van der Waals surface area contributed by atoms with Gasteiger partial charge in [-0.05, 0) is 51.0 Å². The molecule has 1 aromatic carbocycles. The summed E-state index contributed by atoms with van der Waals surface area (Å²) in [5, 5.41) is 2.79. The van der Waals surface area contributed by atoms with Crippen molar-refractivity contribution in [2.24, 2.45) is 11.3 Å². The molecule has 0 radical (unpaired) electrons. The first-order chi connectivity index (χ1) is 14.3. The van der Waals surface area contributed by atoms with E-state index in [1.807, 2.05) is 20.8 Å². The molecule has 1 aliphatic rings. The molecule has 172 valence electrons. The van der Waals surface area contributed by atoms with Gasteiger partial charge in [-0.15, -0.1) is 0 Å². The Morgan fingerprint density at radius 3 is 2.16 bits per heavy atom. The van der Waals surface area contributed by atoms with Crippen LogP contribution in [0, 0.1) is 11.3 Å². The van der Waals surface area contributed by atoms with E-state index >= 15 is 0 Å². The number of Topliss-reactive ketones (excluding diaryl/α,β-unsaturated/α-hetero) is 1. The second-order valence-electron chi connectivity index (χ2n) is 8.80. The van der Waals surface area contributed by atoms with E-state index in [9.17, 15) is 22.8 Å². The number of nitrogens with zero attached hydrogens (tertiary/aromatic N) is 1. The van der Waals surface area contributed by atoms with Crippen LogP contribution in [0.25, 0.3) is 0 Å². The summed E-state index contributed by atoms with van der Waals surface area (Å²) in [7, 11) is -3.26. The van der Waals surface area contributed by atoms with E-state index in [1.165, 1.54) is 11.2 Å². The maximum absolute atomic E-state index is 12.6. The highest BCUT2D eigenvalue weighted by Gasteiger charge is 2.32. The molecule has 0 saturated carbocycles. The Labute approximate surface area is 184 Å². The number of ketones is 1. The third-order valence-corrected chi connectivity index (χ3v) is 7.20. The van der Waals surface area contributed by atoms with E-state index in [1.54, 1.807) is 31.2 Å². The Balaban J connectivity index is 1.91. The third-order valence-electron chi connectivity index (χ3n) is 5.32. The number of piperidine rings is 1. The molecule has 31 heavy (non-hydrogen) atoms. The Kier molecular flexibility index (Phi) is 7.99. The molecule has 1 saturated heterocycles. The van der Waals surface area contributed by atoms with Crippen molar-refractivity contribution in [3.8, 4) is 0 Å². The zero-order valence-electron chi connectivity index (χ0n) is 18.8. The van der Waals surface area contributed by atoms with E-state index in [4.69, 9.17) is 4.74 Å². The monoisotopic (exact) mass is 452 g/mol. The number of rotatable bonds is 7. The van der Waals surface area contributed by atoms with Gasteiger partial charge in [-0.3, -0.25) is 14.4 Å². The number of ether oxygens (including phenoxy) is 1. The minimum absolute atomic E-state index is 0.0341. The van der Waals surface area contributed by atoms with Crippen LogP contribution < -0.4 is 5.32 Å². The van der Waals surface area contributed by atoms with Crippen molar-refractivity contribution in [2.75, 3.05) is 24.2 Å². The zero-order chi connectivity index (χ0) is 23.4. The smallest absolute Gasteiger partial charge is 0.309 e. The summed E-state index contributed by atoms with van der Waals surface area (Å²) in [6.07, 6.45) is -0.206. The first kappa shape index (κ1) is 25.0. The lowest BCUT2D eigenvalue weighted by molar-refractivity contribution is -0.152. The normalized spacial score (nSPS) is 17.1. The van der Waals surface area contributed by atoms with Gasteiger partial charge in [-0.2, -0.15) is 0 Å². The number of sulfonamides is 1. The number of carbonyl (C=O) groups is 3. The van der Waals surface area contributed by atoms with Gasteiger partial charge in [0.15, 0.2) is 6.10 Å². The Hall–Kier alpha value is -2.26. The van der Waals surface area contributed by atoms with Gasteiger partial charge >= 0.3 is 5.97 Å². The van der Waals surface area contributed by atoms with E-state index in [0.717, 1.165) is 0 Å². The summed E-state index contributed by atoms with van der Waals surface area (Å²) in [4.78, 5) is 37.1. The van der Waals surface area contributed by atoms with Gasteiger partial charge in [-0.1, -0.05) is 20.8 Å². The zero-order valence-corrected chi connectivity index (χ0v) is 19.6. The van der Waals surface area contributed by atoms with Crippen molar-refractivity contribution < 1.29 is 27.5 Å². The molecule has 1 atom stereocenters. The van der Waals surface area contributed by atoms with Crippen molar-refractivity contribution in [2.45, 2.75) is 53.6 Å². The number of nitrogens with one attached hydrogen (secondary N) is 1. The van der Waals surface area contributed by atoms with E-state index in [2.05, 4.69) is 5.32 Å². The standard InChI is InChI=1S/C22H32N2O6S/c1-6-31(28,29)24-13-11-17(12-14-24)20(26)30-15(2)19(25)16-7-9-18(10-8-16)23-21(27)22(3,4)5/h7-10,15,17H,6,11-14H2,1-5H3,(H,23,27). The highest BCUT2D eigenvalue weighted by Crippen LogP contribution is 2.23. The van der Waals surface area contributed by atoms with Crippen LogP contribution in [0.5, 0.6) is 0 Å². The maximum Gasteiger partial charge on any atom is 0.309 e. The highest BCUT2D eigenvalue weighted by molar-refractivity contribution is 7.89. The van der Waals surface area contributed by atoms with Crippen molar-refractivity contribution in [1.82, 2.24) is 4.31 Å². The van der Waals surface area contributed by atoms with Gasteiger partial charge in [0.05, 0.1) is 11.7 Å². The average molecular weight is 453 g/mol. The lowest BCUT2D eigenvalue weighted by Crippen LogP contribution is -2.42. The molecular weight excluding hydrogens is 420 g/mol. The number of carbonyl (C=O) groups excluding carboxylic acids is 3. The summed E-state index contributed by atoms with van der Waals surface area (Å²) in [6.45, 7) is 9.09. The van der Waals surface area contributed by atoms with Crippen molar-refractivity contribution >= 4 is 33.4 Å². The van der Waals surface area contributed by atoms with Crippen molar-refractivity contribution in [1.29, 1.82) is 0 Å². The van der Waals surface area contributed by atoms with E-state index in [-0.39, 0.29) is 30.5 Å². The molecule has 0 aromatic heterocycles. The van der Waals surface area contributed by atoms with Gasteiger partial charge in [0.25, 0.3) is 0 Å². The molecule has 1 amide bonds. The lowest BCUT2D eigenvalue weighted by Gasteiger charge is -2.30. The first-order valence-corrected chi connectivity index (χ1v) is 12.1. The number of benzene rings is 1. The van der Waals surface area contributed by atoms with Gasteiger partial charge in [0.1, 0.15) is 0 Å². The minimum atomic E-state index is -3.26. The summed E-state index contributed by atoms with van der Waals surface area (Å²) >= 11 is 0. The summed E-state index contributed by atoms with van der Waals surface area (Å²) < 4.78 is 30.6. The van der Waals surface area contributed by atoms with Crippen LogP contribution >= 0.6 is 0 Å². The number of esters is 1. The van der Waals surface area contributed by atoms with E-state index < -0.39 is 33.4 Å². The van der Waals surface area contributed by atoms with Crippen molar-refractivity contribution in [3.63, 3.8) is 0 Å². The minimum Gasteiger partial charge on any atom is -0.454 e. The quantitative estimate of drug-likeness (QED) is 0.503. The van der Waals surface area contributed by atoms with Crippen molar-refractivity contribution in [3.05, 3.63) is 29.8 Å². The Morgan fingerprint density at radius 2 is 1.68 bits per heavy atom. The molecule has 0 bridgehead atoms. The number of hydrogen-bond donors (Lipinski definition) is 1. The van der Waals surface area contributed by atoms with Crippen LogP contribution in [0.3, 0.4) is 0 Å². The fraction of sp³-hybridized carbons (Fsp3) is 0.591. The molecule has 1 fully saturated rings. The third kappa shape index (κ3) is 6.61. The second kappa shape index (κ2) is 9.91. The Morgan fingerprint density at radius 1 is 1.13 bits per heavy atom. The highest BCUT2D eigenvalue weighted by atomic mass is 32.2. The molecule has 1 aliphatic heterocycles. The number of amides is 1. The fourth-order valence-electron chi connectivity index (χ4n) is 3.15. The van der Waals surface area contributed by atoms with Crippen LogP contribution in [0.4, 0.5) is 5.69 Å². The van der Waals surface area contributed by atoms with E-state index in [0.29, 0.717) is 24.1 Å². The second-order valence-corrected chi connectivity index (χ2v) is 11.1. The molecule has 1 heterocycles. The molecular formula is C22H32N2O6S. The largest absolute Gasteiger partial charge is 0.454 e. The number of anilines is 1. The van der Waals surface area contributed by atoms with Crippen LogP contribution in [0.2, 0.25) is 0 Å². The van der Waals surface area contributed by atoms with Crippen LogP contribution in [-0.4, -0.2) is 55.3 Å². The fourth-order valence-corrected chi connectivity index (χ4v) is 4.28. The molecule has 0 aliphatic carbocycles. The van der Waals surface area contributed by atoms with Gasteiger partial charge in [-0.25, -0.2) is 12.7 Å². The van der Waals surface area contributed by atoms with Crippen LogP contribution in [0.15, 0.2) is 24.3 Å². The summed E-state index contributed by atoms with van der Waals surface area (Å²) in [6, 6.07) is 6.43. The summed E-state index contributed by atoms with van der Waals surface area (Å²) in [5.41, 5.74) is 0.418. The average Bonchev–Trinajstić information content (AvgIpc) is 2.73. The summed E-state index contributed by atoms with van der Waals surface area (Å²) in [5.74, 6) is -1.34. The van der Waals surface area contributed by atoms with Gasteiger partial charge < -0.3 is 10.1 Å². The van der Waals surface area contributed by atoms with Crippen LogP contribution in [0.1, 0.15) is 57.8 Å². The number of hydrogen-bond acceptors (Lipinski definition) is 6. The molecule has 1 aromatic rings. The molecule has 0 spiro atoms. The SMILES string of the molecule is CCS(=O)(=O)N1CCC(C(=O)OC(C)C(=O)c2ccc(NC(=O)C(C)(C)C)cc2)CC1. The molecule has 2 rings (SSSR count). The first-order valence-electron chi connectivity index (χ1n) is 10.5. The molecule has 8 nitrogen and oxygen atoms in total.